The van der Waals surface area contributed by atoms with Crippen molar-refractivity contribution in [3.05, 3.63) is 0 Å². The number of piperazine rings is 1. The summed E-state index contributed by atoms with van der Waals surface area (Å²) in [5.74, 6) is -0.361. The summed E-state index contributed by atoms with van der Waals surface area (Å²) in [6, 6.07) is -0.327. The van der Waals surface area contributed by atoms with Crippen molar-refractivity contribution < 1.29 is 18.0 Å². The van der Waals surface area contributed by atoms with Gasteiger partial charge in [-0.25, -0.2) is 8.42 Å². The van der Waals surface area contributed by atoms with Crippen LogP contribution >= 0.6 is 0 Å². The molecule has 0 saturated carbocycles. The first kappa shape index (κ1) is 19.2. The van der Waals surface area contributed by atoms with E-state index in [1.807, 2.05) is 0 Å². The fraction of sp³-hybridized carbons (Fsp3) is 0.875. The minimum absolute atomic E-state index is 0.00527. The lowest BCUT2D eigenvalue weighted by Gasteiger charge is -2.39. The second-order valence-corrected chi connectivity index (χ2v) is 9.55. The molecule has 1 atom stereocenters. The smallest absolute Gasteiger partial charge is 0.237 e. The van der Waals surface area contributed by atoms with Crippen molar-refractivity contribution in [1.82, 2.24) is 14.7 Å². The van der Waals surface area contributed by atoms with Crippen LogP contribution in [0.1, 0.15) is 27.2 Å². The quantitative estimate of drug-likeness (QED) is 0.651. The van der Waals surface area contributed by atoms with E-state index in [0.29, 0.717) is 19.5 Å². The number of likely N-dealkylation sites (N-methyl/N-ethyl adjacent to an activating group) is 1. The van der Waals surface area contributed by atoms with Gasteiger partial charge in [-0.3, -0.25) is 9.59 Å². The molecule has 2 amide bonds. The van der Waals surface area contributed by atoms with Crippen LogP contribution in [0.5, 0.6) is 0 Å². The summed E-state index contributed by atoms with van der Waals surface area (Å²) in [6.45, 7) is 9.24. The van der Waals surface area contributed by atoms with Gasteiger partial charge in [0, 0.05) is 39.3 Å². The molecule has 2 rings (SSSR count). The average molecular weight is 359 g/mol. The number of sulfone groups is 1. The minimum Gasteiger partial charge on any atom is -0.341 e. The highest BCUT2D eigenvalue weighted by Gasteiger charge is 2.44. The Labute approximate surface area is 144 Å². The van der Waals surface area contributed by atoms with E-state index >= 15 is 0 Å². The van der Waals surface area contributed by atoms with Gasteiger partial charge in [0.2, 0.25) is 11.8 Å². The van der Waals surface area contributed by atoms with E-state index in [1.165, 1.54) is 4.90 Å². The summed E-state index contributed by atoms with van der Waals surface area (Å²) in [5, 5.41) is 0. The molecule has 0 spiro atoms. The largest absolute Gasteiger partial charge is 0.341 e. The van der Waals surface area contributed by atoms with E-state index in [1.54, 1.807) is 25.8 Å². The Kier molecular flexibility index (Phi) is 5.59. The van der Waals surface area contributed by atoms with E-state index in [0.717, 1.165) is 19.6 Å². The van der Waals surface area contributed by atoms with Gasteiger partial charge in [0.15, 0.2) is 9.84 Å². The lowest BCUT2D eigenvalue weighted by Crippen LogP contribution is -2.56. The molecular weight excluding hydrogens is 330 g/mol. The topological polar surface area (TPSA) is 78.0 Å². The Morgan fingerprint density at radius 1 is 1.17 bits per heavy atom. The molecule has 0 N–H and O–H groups in total. The van der Waals surface area contributed by atoms with Crippen LogP contribution in [-0.4, -0.2) is 92.3 Å². The average Bonchev–Trinajstić information content (AvgIpc) is 2.92. The maximum atomic E-state index is 12.8. The normalized spacial score (nSPS) is 24.8. The van der Waals surface area contributed by atoms with Gasteiger partial charge >= 0.3 is 0 Å². The molecule has 2 fully saturated rings. The Hall–Kier alpha value is -1.15. The second kappa shape index (κ2) is 7.00. The standard InChI is InChI=1S/C16H29N3O4S/c1-5-18-7-9-19(10-8-18)15(21)16(2,3)14(20)17(4)13-6-11-24(22,23)12-13/h13H,5-12H2,1-4H3. The molecule has 138 valence electrons. The number of carbonyl (C=O) groups is 2. The number of hydrogen-bond donors (Lipinski definition) is 0. The van der Waals surface area contributed by atoms with Gasteiger partial charge in [0.25, 0.3) is 0 Å². The Morgan fingerprint density at radius 2 is 1.75 bits per heavy atom. The molecule has 2 aliphatic heterocycles. The van der Waals surface area contributed by atoms with Gasteiger partial charge in [0.05, 0.1) is 11.5 Å². The van der Waals surface area contributed by atoms with Crippen LogP contribution in [0.3, 0.4) is 0 Å². The zero-order valence-electron chi connectivity index (χ0n) is 15.1. The van der Waals surface area contributed by atoms with Gasteiger partial charge in [0.1, 0.15) is 5.41 Å². The zero-order chi connectivity index (χ0) is 18.1. The molecule has 2 saturated heterocycles. The Balaban J connectivity index is 2.03. The molecule has 2 heterocycles. The lowest BCUT2D eigenvalue weighted by atomic mass is 9.88. The molecule has 0 bridgehead atoms. The maximum Gasteiger partial charge on any atom is 0.237 e. The van der Waals surface area contributed by atoms with Crippen molar-refractivity contribution in [3.8, 4) is 0 Å². The van der Waals surface area contributed by atoms with Gasteiger partial charge in [-0.2, -0.15) is 0 Å². The number of carbonyl (C=O) groups excluding carboxylic acids is 2. The number of nitrogens with zero attached hydrogens (tertiary/aromatic N) is 3. The van der Waals surface area contributed by atoms with E-state index in [9.17, 15) is 18.0 Å². The van der Waals surface area contributed by atoms with Crippen molar-refractivity contribution in [2.45, 2.75) is 33.2 Å². The second-order valence-electron chi connectivity index (χ2n) is 7.32. The molecular formula is C16H29N3O4S. The van der Waals surface area contributed by atoms with Crippen LogP contribution in [0.2, 0.25) is 0 Å². The molecule has 7 nitrogen and oxygen atoms in total. The van der Waals surface area contributed by atoms with Crippen LogP contribution in [0.4, 0.5) is 0 Å². The molecule has 2 aliphatic rings. The maximum absolute atomic E-state index is 12.8. The van der Waals surface area contributed by atoms with Gasteiger partial charge < -0.3 is 14.7 Å². The summed E-state index contributed by atoms with van der Waals surface area (Å²) >= 11 is 0. The van der Waals surface area contributed by atoms with Crippen LogP contribution < -0.4 is 0 Å². The van der Waals surface area contributed by atoms with Crippen LogP contribution in [-0.2, 0) is 19.4 Å². The summed E-state index contributed by atoms with van der Waals surface area (Å²) in [6.07, 6.45) is 0.448. The number of rotatable bonds is 4. The number of hydrogen-bond acceptors (Lipinski definition) is 5. The summed E-state index contributed by atoms with van der Waals surface area (Å²) < 4.78 is 23.3. The van der Waals surface area contributed by atoms with Gasteiger partial charge in [-0.1, -0.05) is 6.92 Å². The summed E-state index contributed by atoms with van der Waals surface area (Å²) in [4.78, 5) is 31.2. The first-order valence-electron chi connectivity index (χ1n) is 8.58. The predicted molar refractivity (Wildman–Crippen MR) is 92.3 cm³/mol. The predicted octanol–water partition coefficient (Wildman–Crippen LogP) is -0.178. The Morgan fingerprint density at radius 3 is 2.21 bits per heavy atom. The number of amides is 2. The summed E-state index contributed by atoms with van der Waals surface area (Å²) in [5.41, 5.74) is -1.17. The van der Waals surface area contributed by atoms with Crippen LogP contribution in [0.15, 0.2) is 0 Å². The van der Waals surface area contributed by atoms with E-state index in [4.69, 9.17) is 0 Å². The molecule has 1 unspecified atom stereocenters. The monoisotopic (exact) mass is 359 g/mol. The molecule has 0 aromatic rings. The highest BCUT2D eigenvalue weighted by atomic mass is 32.2. The summed E-state index contributed by atoms with van der Waals surface area (Å²) in [7, 11) is -1.46. The SMILES string of the molecule is CCN1CCN(C(=O)C(C)(C)C(=O)N(C)C2CCS(=O)(=O)C2)CC1. The van der Waals surface area contributed by atoms with Crippen molar-refractivity contribution in [3.63, 3.8) is 0 Å². The third-order valence-electron chi connectivity index (χ3n) is 5.25. The van der Waals surface area contributed by atoms with Crippen molar-refractivity contribution in [2.24, 2.45) is 5.41 Å². The molecule has 0 aromatic carbocycles. The van der Waals surface area contributed by atoms with Crippen LogP contribution in [0.25, 0.3) is 0 Å². The molecule has 0 aromatic heterocycles. The fourth-order valence-corrected chi connectivity index (χ4v) is 5.22. The van der Waals surface area contributed by atoms with Crippen molar-refractivity contribution >= 4 is 21.7 Å². The molecule has 0 radical (unpaired) electrons. The van der Waals surface area contributed by atoms with E-state index < -0.39 is 15.3 Å². The first-order chi connectivity index (χ1) is 11.1. The molecule has 0 aliphatic carbocycles. The molecule has 24 heavy (non-hydrogen) atoms. The zero-order valence-corrected chi connectivity index (χ0v) is 15.9. The van der Waals surface area contributed by atoms with E-state index in [2.05, 4.69) is 11.8 Å². The van der Waals surface area contributed by atoms with Crippen LogP contribution in [0, 0.1) is 5.41 Å². The molecule has 8 heteroatoms. The highest BCUT2D eigenvalue weighted by molar-refractivity contribution is 7.91. The first-order valence-corrected chi connectivity index (χ1v) is 10.4. The third-order valence-corrected chi connectivity index (χ3v) is 7.00. The minimum atomic E-state index is -3.06. The lowest BCUT2D eigenvalue weighted by molar-refractivity contribution is -0.155. The Bertz CT molecular complexity index is 594. The van der Waals surface area contributed by atoms with Gasteiger partial charge in [-0.15, -0.1) is 0 Å². The third kappa shape index (κ3) is 3.91. The highest BCUT2D eigenvalue weighted by Crippen LogP contribution is 2.26. The fourth-order valence-electron chi connectivity index (χ4n) is 3.44. The van der Waals surface area contributed by atoms with Gasteiger partial charge in [-0.05, 0) is 26.8 Å². The van der Waals surface area contributed by atoms with E-state index in [-0.39, 0.29) is 29.4 Å². The van der Waals surface area contributed by atoms with Crippen molar-refractivity contribution in [2.75, 3.05) is 51.3 Å². The van der Waals surface area contributed by atoms with Crippen molar-refractivity contribution in [1.29, 1.82) is 0 Å².